The lowest BCUT2D eigenvalue weighted by atomic mass is 10.2. The Kier molecular flexibility index (Phi) is 4.75. The van der Waals surface area contributed by atoms with Crippen molar-refractivity contribution in [2.45, 2.75) is 13.3 Å². The van der Waals surface area contributed by atoms with E-state index in [-0.39, 0.29) is 0 Å². The number of hydrogen-bond acceptors (Lipinski definition) is 1. The van der Waals surface area contributed by atoms with Crippen LogP contribution in [0.1, 0.15) is 12.5 Å². The molecule has 116 valence electrons. The smallest absolute Gasteiger partial charge is 0.287 e. The van der Waals surface area contributed by atoms with Gasteiger partial charge in [-0.15, -0.1) is 0 Å². The molecule has 0 spiro atoms. The van der Waals surface area contributed by atoms with Crippen molar-refractivity contribution < 1.29 is 4.43 Å². The maximum absolute atomic E-state index is 6.31. The zero-order chi connectivity index (χ0) is 16.1. The van der Waals surface area contributed by atoms with Crippen LogP contribution in [0.5, 0.6) is 0 Å². The average molecular weight is 318 g/mol. The second kappa shape index (κ2) is 6.94. The minimum atomic E-state index is -2.43. The van der Waals surface area contributed by atoms with Gasteiger partial charge < -0.3 is 4.43 Å². The molecule has 3 rings (SSSR count). The highest BCUT2D eigenvalue weighted by Gasteiger charge is 2.40. The van der Waals surface area contributed by atoms with Gasteiger partial charge in [0.05, 0.1) is 0 Å². The summed E-state index contributed by atoms with van der Waals surface area (Å²) in [5, 5.41) is 3.84. The second-order valence-electron chi connectivity index (χ2n) is 5.67. The third-order valence-corrected chi connectivity index (χ3v) is 8.49. The summed E-state index contributed by atoms with van der Waals surface area (Å²) in [6.07, 6.45) is 1.05. The minimum Gasteiger partial charge on any atom is -0.408 e. The van der Waals surface area contributed by atoms with Gasteiger partial charge in [0.1, 0.15) is 0 Å². The summed E-state index contributed by atoms with van der Waals surface area (Å²) in [4.78, 5) is 0. The average Bonchev–Trinajstić information content (AvgIpc) is 2.65. The minimum absolute atomic E-state index is 1.05. The van der Waals surface area contributed by atoms with E-state index in [1.807, 2.05) is 7.11 Å². The summed E-state index contributed by atoms with van der Waals surface area (Å²) in [6.45, 7) is 2.18. The molecule has 0 amide bonds. The largest absolute Gasteiger partial charge is 0.408 e. The molecule has 0 saturated heterocycles. The monoisotopic (exact) mass is 318 g/mol. The molecule has 0 N–H and O–H groups in total. The van der Waals surface area contributed by atoms with E-state index in [1.165, 1.54) is 21.1 Å². The van der Waals surface area contributed by atoms with Gasteiger partial charge in [-0.05, 0) is 27.5 Å². The van der Waals surface area contributed by atoms with E-state index in [0.717, 1.165) is 6.42 Å². The summed E-state index contributed by atoms with van der Waals surface area (Å²) in [7, 11) is -0.586. The van der Waals surface area contributed by atoms with Crippen LogP contribution in [0.25, 0.3) is 0 Å². The molecule has 0 atom stereocenters. The van der Waals surface area contributed by atoms with Gasteiger partial charge in [0, 0.05) is 7.11 Å². The third kappa shape index (κ3) is 2.88. The first-order valence-electron chi connectivity index (χ1n) is 8.07. The predicted octanol–water partition coefficient (Wildman–Crippen LogP) is 2.86. The number of hydrogen-bond donors (Lipinski definition) is 0. The Morgan fingerprint density at radius 3 is 1.48 bits per heavy atom. The first-order chi connectivity index (χ1) is 11.3. The van der Waals surface area contributed by atoms with Crippen LogP contribution in [0.4, 0.5) is 0 Å². The van der Waals surface area contributed by atoms with Crippen LogP contribution in [0.15, 0.2) is 84.9 Å². The molecule has 0 bridgehead atoms. The van der Waals surface area contributed by atoms with Gasteiger partial charge in [-0.25, -0.2) is 0 Å². The van der Waals surface area contributed by atoms with Crippen molar-refractivity contribution in [1.82, 2.24) is 0 Å². The van der Waals surface area contributed by atoms with Crippen LogP contribution >= 0.6 is 0 Å². The fraction of sp³-hybridized carbons (Fsp3) is 0.143. The van der Waals surface area contributed by atoms with Crippen LogP contribution < -0.4 is 15.6 Å². The van der Waals surface area contributed by atoms with Gasteiger partial charge >= 0.3 is 0 Å². The summed E-state index contributed by atoms with van der Waals surface area (Å²) in [5.41, 5.74) is 1.36. The van der Waals surface area contributed by atoms with E-state index >= 15 is 0 Å². The third-order valence-electron chi connectivity index (χ3n) is 4.44. The maximum atomic E-state index is 6.31. The van der Waals surface area contributed by atoms with E-state index in [0.29, 0.717) is 0 Å². The van der Waals surface area contributed by atoms with Crippen molar-refractivity contribution in [3.63, 3.8) is 0 Å². The van der Waals surface area contributed by atoms with Gasteiger partial charge in [0.25, 0.3) is 8.32 Å². The first kappa shape index (κ1) is 15.7. The standard InChI is InChI=1S/C21H22OSi/c1-3-18-14-16-21(17-15-18)23(22-2,19-10-6-4-7-11-19)20-12-8-5-9-13-20/h4-17H,3H2,1-2H3. The SMILES string of the molecule is CCc1ccc([Si](OC)(c2ccccc2)c2ccccc2)cc1. The molecule has 0 aliphatic rings. The van der Waals surface area contributed by atoms with Crippen molar-refractivity contribution in [1.29, 1.82) is 0 Å². The fourth-order valence-corrected chi connectivity index (χ4v) is 6.84. The van der Waals surface area contributed by atoms with Crippen molar-refractivity contribution in [2.24, 2.45) is 0 Å². The van der Waals surface area contributed by atoms with Crippen molar-refractivity contribution in [3.8, 4) is 0 Å². The van der Waals surface area contributed by atoms with Crippen LogP contribution in [0.2, 0.25) is 0 Å². The van der Waals surface area contributed by atoms with E-state index in [9.17, 15) is 0 Å². The van der Waals surface area contributed by atoms with E-state index in [4.69, 9.17) is 4.43 Å². The summed E-state index contributed by atoms with van der Waals surface area (Å²) in [5.74, 6) is 0. The summed E-state index contributed by atoms with van der Waals surface area (Å²) < 4.78 is 6.31. The van der Waals surface area contributed by atoms with Crippen molar-refractivity contribution in [3.05, 3.63) is 90.5 Å². The Morgan fingerprint density at radius 1 is 0.652 bits per heavy atom. The van der Waals surface area contributed by atoms with E-state index in [2.05, 4.69) is 91.9 Å². The molecular formula is C21H22OSi. The van der Waals surface area contributed by atoms with Crippen LogP contribution in [-0.2, 0) is 10.8 Å². The normalized spacial score (nSPS) is 11.4. The zero-order valence-electron chi connectivity index (χ0n) is 13.7. The molecule has 3 aromatic rings. The number of benzene rings is 3. The Bertz CT molecular complexity index is 696. The molecule has 0 radical (unpaired) electrons. The Morgan fingerprint density at radius 2 is 1.09 bits per heavy atom. The molecule has 2 heteroatoms. The first-order valence-corrected chi connectivity index (χ1v) is 9.97. The second-order valence-corrected chi connectivity index (χ2v) is 9.17. The topological polar surface area (TPSA) is 9.23 Å². The van der Waals surface area contributed by atoms with Gasteiger partial charge in [-0.2, -0.15) is 0 Å². The van der Waals surface area contributed by atoms with E-state index in [1.54, 1.807) is 0 Å². The Labute approximate surface area is 139 Å². The van der Waals surface area contributed by atoms with Crippen molar-refractivity contribution >= 4 is 23.9 Å². The van der Waals surface area contributed by atoms with Crippen LogP contribution in [0, 0.1) is 0 Å². The highest BCUT2D eigenvalue weighted by Crippen LogP contribution is 2.09. The molecule has 0 aliphatic heterocycles. The molecule has 3 aromatic carbocycles. The highest BCUT2D eigenvalue weighted by atomic mass is 28.4. The van der Waals surface area contributed by atoms with Gasteiger partial charge in [0.15, 0.2) is 0 Å². The highest BCUT2D eigenvalue weighted by molar-refractivity contribution is 7.07. The quantitative estimate of drug-likeness (QED) is 0.519. The number of rotatable bonds is 5. The van der Waals surface area contributed by atoms with Crippen molar-refractivity contribution in [2.75, 3.05) is 7.11 Å². The van der Waals surface area contributed by atoms with Gasteiger partial charge in [-0.3, -0.25) is 0 Å². The Balaban J connectivity index is 2.24. The molecule has 1 nitrogen and oxygen atoms in total. The van der Waals surface area contributed by atoms with E-state index < -0.39 is 8.32 Å². The predicted molar refractivity (Wildman–Crippen MR) is 100 cm³/mol. The molecule has 0 fully saturated rings. The fourth-order valence-electron chi connectivity index (χ4n) is 3.17. The van der Waals surface area contributed by atoms with Crippen LogP contribution in [-0.4, -0.2) is 15.4 Å². The Hall–Kier alpha value is -2.16. The lowest BCUT2D eigenvalue weighted by molar-refractivity contribution is 0.426. The summed E-state index contributed by atoms with van der Waals surface area (Å²) >= 11 is 0. The van der Waals surface area contributed by atoms with Gasteiger partial charge in [0.2, 0.25) is 0 Å². The molecule has 0 unspecified atom stereocenters. The van der Waals surface area contributed by atoms with Crippen LogP contribution in [0.3, 0.4) is 0 Å². The molecule has 0 aromatic heterocycles. The maximum Gasteiger partial charge on any atom is 0.287 e. The lowest BCUT2D eigenvalue weighted by Crippen LogP contribution is -2.68. The molecule has 0 heterocycles. The molecule has 0 aliphatic carbocycles. The summed E-state index contributed by atoms with van der Waals surface area (Å²) in [6, 6.07) is 30.2. The molecular weight excluding hydrogens is 296 g/mol. The number of aryl methyl sites for hydroxylation is 1. The molecule has 0 saturated carbocycles. The molecule has 23 heavy (non-hydrogen) atoms. The zero-order valence-corrected chi connectivity index (χ0v) is 14.7. The lowest BCUT2D eigenvalue weighted by Gasteiger charge is -2.31. The van der Waals surface area contributed by atoms with Gasteiger partial charge in [-0.1, -0.05) is 91.9 Å².